The maximum atomic E-state index is 12.1. The lowest BCUT2D eigenvalue weighted by Gasteiger charge is -2.13. The van der Waals surface area contributed by atoms with Gasteiger partial charge in [-0.25, -0.2) is 0 Å². The van der Waals surface area contributed by atoms with Crippen molar-refractivity contribution in [2.45, 2.75) is 142 Å². The summed E-state index contributed by atoms with van der Waals surface area (Å²) in [6.45, 7) is 7.07. The van der Waals surface area contributed by atoms with Gasteiger partial charge < -0.3 is 24.3 Å². The summed E-state index contributed by atoms with van der Waals surface area (Å²) in [7, 11) is 0. The van der Waals surface area contributed by atoms with Crippen LogP contribution in [0.25, 0.3) is 0 Å². The fraction of sp³-hybridized carbons (Fsp3) is 0.850. The number of carbonyl (C=O) groups excluding carboxylic acids is 6. The molecule has 0 radical (unpaired) electrons. The van der Waals surface area contributed by atoms with Crippen LogP contribution >= 0.6 is 0 Å². The molecule has 0 spiro atoms. The van der Waals surface area contributed by atoms with E-state index < -0.39 is 0 Å². The van der Waals surface area contributed by atoms with Crippen molar-refractivity contribution in [3.8, 4) is 0 Å². The molecule has 52 heavy (non-hydrogen) atoms. The van der Waals surface area contributed by atoms with E-state index >= 15 is 0 Å². The van der Waals surface area contributed by atoms with Crippen molar-refractivity contribution in [3.05, 3.63) is 0 Å². The molecule has 12 nitrogen and oxygen atoms in total. The monoisotopic (exact) mass is 739 g/mol. The number of carbonyl (C=O) groups is 6. The van der Waals surface area contributed by atoms with Gasteiger partial charge in [0.05, 0.1) is 39.6 Å². The third kappa shape index (κ3) is 28.2. The molecule has 1 fully saturated rings. The number of ether oxygens (including phenoxy) is 4. The van der Waals surface area contributed by atoms with E-state index in [0.29, 0.717) is 78.4 Å². The van der Waals surface area contributed by atoms with Gasteiger partial charge in [0.1, 0.15) is 24.8 Å². The highest BCUT2D eigenvalue weighted by molar-refractivity contribution is 6.03. The first-order valence-electron chi connectivity index (χ1n) is 20.1. The predicted molar refractivity (Wildman–Crippen MR) is 200 cm³/mol. The molecular formula is C40H70N2O10. The third-order valence-electron chi connectivity index (χ3n) is 9.05. The van der Waals surface area contributed by atoms with Gasteiger partial charge in [-0.1, -0.05) is 84.0 Å². The van der Waals surface area contributed by atoms with Crippen LogP contribution in [0.15, 0.2) is 0 Å². The summed E-state index contributed by atoms with van der Waals surface area (Å²) in [5, 5.41) is 3.13. The zero-order chi connectivity index (χ0) is 38.1. The quantitative estimate of drug-likeness (QED) is 0.0606. The number of nitrogens with one attached hydrogen (secondary N) is 1. The molecule has 0 aliphatic carbocycles. The molecule has 12 heteroatoms. The van der Waals surface area contributed by atoms with E-state index in [-0.39, 0.29) is 73.5 Å². The number of hydrogen-bond donors (Lipinski definition) is 1. The molecule has 1 aliphatic heterocycles. The standard InChI is InChI=1S/C40H70N2O10/c1-34-30-39(47)42(40(34)48)23-21-36(44)18-15-13-11-9-7-5-3-4-6-8-10-12-14-16-19-37(45)31-41-22-25-50-27-29-52-33-38(46)20-17-24-49-26-28-51-32-35(2)43/h34,41H,3-33H2,1-2H3. The summed E-state index contributed by atoms with van der Waals surface area (Å²) in [6, 6.07) is 0. The summed E-state index contributed by atoms with van der Waals surface area (Å²) in [4.78, 5) is 71.8. The molecule has 1 rings (SSSR count). The van der Waals surface area contributed by atoms with Crippen LogP contribution in [0.3, 0.4) is 0 Å². The van der Waals surface area contributed by atoms with E-state index in [2.05, 4.69) is 5.32 Å². The number of unbranched alkanes of at least 4 members (excludes halogenated alkanes) is 13. The zero-order valence-electron chi connectivity index (χ0n) is 32.5. The maximum Gasteiger partial charge on any atom is 0.232 e. The Morgan fingerprint density at radius 3 is 1.60 bits per heavy atom. The Hall–Kier alpha value is -2.38. The highest BCUT2D eigenvalue weighted by atomic mass is 16.5. The molecule has 0 aromatic rings. The molecule has 1 N–H and O–H groups in total. The molecule has 0 saturated carbocycles. The second kappa shape index (κ2) is 33.2. The van der Waals surface area contributed by atoms with Crippen LogP contribution in [0.1, 0.15) is 142 Å². The van der Waals surface area contributed by atoms with Crippen molar-refractivity contribution in [3.63, 3.8) is 0 Å². The number of ketones is 4. The van der Waals surface area contributed by atoms with Crippen LogP contribution < -0.4 is 5.32 Å². The second-order valence-corrected chi connectivity index (χ2v) is 14.1. The first-order chi connectivity index (χ1) is 25.2. The summed E-state index contributed by atoms with van der Waals surface area (Å²) in [5.74, 6) is -0.142. The van der Waals surface area contributed by atoms with Gasteiger partial charge >= 0.3 is 0 Å². The fourth-order valence-corrected chi connectivity index (χ4v) is 5.96. The highest BCUT2D eigenvalue weighted by Gasteiger charge is 2.35. The van der Waals surface area contributed by atoms with Gasteiger partial charge in [-0.3, -0.25) is 33.7 Å². The number of amides is 2. The SMILES string of the molecule is CC(=O)COCCOCCCC(=O)COCCOCCNCC(=O)CCCCCCCCCCCCCCCCC(=O)CCN1C(=O)CC(C)C1=O. The normalized spacial score (nSPS) is 14.4. The molecule has 0 bridgehead atoms. The Labute approximate surface area is 313 Å². The van der Waals surface area contributed by atoms with Gasteiger partial charge in [-0.15, -0.1) is 0 Å². The van der Waals surface area contributed by atoms with E-state index in [4.69, 9.17) is 18.9 Å². The lowest BCUT2D eigenvalue weighted by atomic mass is 10.0. The van der Waals surface area contributed by atoms with E-state index in [1.165, 1.54) is 69.6 Å². The molecule has 1 aliphatic rings. The van der Waals surface area contributed by atoms with Gasteiger partial charge in [-0.2, -0.15) is 0 Å². The first-order valence-corrected chi connectivity index (χ1v) is 20.1. The van der Waals surface area contributed by atoms with Gasteiger partial charge in [0.15, 0.2) is 11.6 Å². The van der Waals surface area contributed by atoms with Crippen molar-refractivity contribution >= 4 is 34.9 Å². The average Bonchev–Trinajstić information content (AvgIpc) is 3.36. The number of Topliss-reactive ketones (excluding diaryl/α,β-unsaturated/α-hetero) is 4. The molecule has 300 valence electrons. The van der Waals surface area contributed by atoms with Gasteiger partial charge in [0, 0.05) is 57.7 Å². The number of nitrogens with zero attached hydrogens (tertiary/aromatic N) is 1. The Balaban J connectivity index is 1.74. The summed E-state index contributed by atoms with van der Waals surface area (Å²) in [6.07, 6.45) is 19.2. The van der Waals surface area contributed by atoms with Crippen LogP contribution in [0.4, 0.5) is 0 Å². The lowest BCUT2D eigenvalue weighted by molar-refractivity contribution is -0.139. The van der Waals surface area contributed by atoms with Crippen LogP contribution in [-0.2, 0) is 47.7 Å². The highest BCUT2D eigenvalue weighted by Crippen LogP contribution is 2.19. The minimum Gasteiger partial charge on any atom is -0.379 e. The van der Waals surface area contributed by atoms with Crippen molar-refractivity contribution in [1.29, 1.82) is 0 Å². The number of rotatable bonds is 39. The van der Waals surface area contributed by atoms with Crippen molar-refractivity contribution in [1.82, 2.24) is 10.2 Å². The Bertz CT molecular complexity index is 1000. The lowest BCUT2D eigenvalue weighted by Crippen LogP contribution is -2.32. The molecule has 1 heterocycles. The molecule has 1 unspecified atom stereocenters. The Morgan fingerprint density at radius 2 is 1.06 bits per heavy atom. The van der Waals surface area contributed by atoms with Crippen molar-refractivity contribution in [2.75, 3.05) is 72.5 Å². The van der Waals surface area contributed by atoms with Crippen LogP contribution in [0.2, 0.25) is 0 Å². The topological polar surface area (TPSA) is 155 Å². The van der Waals surface area contributed by atoms with Crippen molar-refractivity contribution < 1.29 is 47.7 Å². The Kier molecular flexibility index (Phi) is 30.4. The largest absolute Gasteiger partial charge is 0.379 e. The summed E-state index contributed by atoms with van der Waals surface area (Å²) >= 11 is 0. The molecule has 0 aromatic heterocycles. The molecule has 2 amide bonds. The van der Waals surface area contributed by atoms with E-state index in [1.54, 1.807) is 6.92 Å². The zero-order valence-corrected chi connectivity index (χ0v) is 32.5. The average molecular weight is 739 g/mol. The van der Waals surface area contributed by atoms with Gasteiger partial charge in [0.2, 0.25) is 11.8 Å². The van der Waals surface area contributed by atoms with Crippen LogP contribution in [-0.4, -0.2) is 112 Å². The third-order valence-corrected chi connectivity index (χ3v) is 9.05. The Morgan fingerprint density at radius 1 is 0.577 bits per heavy atom. The van der Waals surface area contributed by atoms with Gasteiger partial charge in [-0.05, 0) is 26.2 Å². The fourth-order valence-electron chi connectivity index (χ4n) is 5.96. The van der Waals surface area contributed by atoms with Gasteiger partial charge in [0.25, 0.3) is 0 Å². The van der Waals surface area contributed by atoms with E-state index in [0.717, 1.165) is 32.1 Å². The molecule has 0 aromatic carbocycles. The molecule has 1 saturated heterocycles. The number of imide groups is 1. The van der Waals surface area contributed by atoms with Crippen LogP contribution in [0, 0.1) is 5.92 Å². The summed E-state index contributed by atoms with van der Waals surface area (Å²) < 4.78 is 21.3. The molecular weight excluding hydrogens is 668 g/mol. The minimum absolute atomic E-state index is 0.0186. The first kappa shape index (κ1) is 47.6. The van der Waals surface area contributed by atoms with E-state index in [1.807, 2.05) is 0 Å². The predicted octanol–water partition coefficient (Wildman–Crippen LogP) is 5.75. The molecule has 1 atom stereocenters. The number of hydrogen-bond acceptors (Lipinski definition) is 11. The van der Waals surface area contributed by atoms with Crippen LogP contribution in [0.5, 0.6) is 0 Å². The maximum absolute atomic E-state index is 12.1. The van der Waals surface area contributed by atoms with E-state index in [9.17, 15) is 28.8 Å². The number of likely N-dealkylation sites (tertiary alicyclic amines) is 1. The second-order valence-electron chi connectivity index (χ2n) is 14.1. The smallest absolute Gasteiger partial charge is 0.232 e. The summed E-state index contributed by atoms with van der Waals surface area (Å²) in [5.41, 5.74) is 0. The minimum atomic E-state index is -0.245. The van der Waals surface area contributed by atoms with Crippen molar-refractivity contribution in [2.24, 2.45) is 5.92 Å².